The van der Waals surface area contributed by atoms with Crippen LogP contribution in [0.1, 0.15) is 11.1 Å². The third-order valence-electron chi connectivity index (χ3n) is 4.53. The standard InChI is InChI=1S/C20H21Cl2N3O2/c1-24(12-18(26)23-20-16(21)7-4-8-17(20)22)13-19(27)25-10-9-14-5-2-3-6-15(14)11-25/h2-8H,9-13H2,1H3,(H,23,26). The number of hydrogen-bond donors (Lipinski definition) is 1. The molecule has 0 fully saturated rings. The minimum atomic E-state index is -0.274. The molecule has 0 bridgehead atoms. The molecular formula is C20H21Cl2N3O2. The smallest absolute Gasteiger partial charge is 0.238 e. The van der Waals surface area contributed by atoms with Crippen LogP contribution in [-0.2, 0) is 22.6 Å². The number of para-hydroxylation sites is 1. The molecule has 0 aliphatic carbocycles. The Kier molecular flexibility index (Phi) is 6.37. The Morgan fingerprint density at radius 1 is 1.04 bits per heavy atom. The van der Waals surface area contributed by atoms with E-state index < -0.39 is 0 Å². The highest BCUT2D eigenvalue weighted by molar-refractivity contribution is 6.39. The maximum absolute atomic E-state index is 12.6. The first-order valence-electron chi connectivity index (χ1n) is 8.71. The zero-order valence-corrected chi connectivity index (χ0v) is 16.6. The molecule has 7 heteroatoms. The third-order valence-corrected chi connectivity index (χ3v) is 5.16. The van der Waals surface area contributed by atoms with E-state index in [4.69, 9.17) is 23.2 Å². The van der Waals surface area contributed by atoms with Gasteiger partial charge in [-0.15, -0.1) is 0 Å². The monoisotopic (exact) mass is 405 g/mol. The van der Waals surface area contributed by atoms with E-state index in [2.05, 4.69) is 17.4 Å². The second kappa shape index (κ2) is 8.74. The first-order valence-corrected chi connectivity index (χ1v) is 9.46. The Morgan fingerprint density at radius 2 is 1.70 bits per heavy atom. The van der Waals surface area contributed by atoms with Crippen LogP contribution in [0.25, 0.3) is 0 Å². The third kappa shape index (κ3) is 5.01. The van der Waals surface area contributed by atoms with Crippen molar-refractivity contribution >= 4 is 40.7 Å². The van der Waals surface area contributed by atoms with E-state index in [-0.39, 0.29) is 24.9 Å². The Bertz CT molecular complexity index is 837. The number of nitrogens with zero attached hydrogens (tertiary/aromatic N) is 2. The van der Waals surface area contributed by atoms with E-state index in [0.29, 0.717) is 28.8 Å². The molecule has 2 amide bonds. The van der Waals surface area contributed by atoms with Crippen LogP contribution in [0.15, 0.2) is 42.5 Å². The molecule has 1 aliphatic rings. The number of fused-ring (bicyclic) bond motifs is 1. The van der Waals surface area contributed by atoms with Crippen LogP contribution in [0, 0.1) is 0 Å². The van der Waals surface area contributed by atoms with Crippen molar-refractivity contribution in [3.63, 3.8) is 0 Å². The molecular weight excluding hydrogens is 385 g/mol. The summed E-state index contributed by atoms with van der Waals surface area (Å²) in [6, 6.07) is 13.2. The molecule has 0 aromatic heterocycles. The van der Waals surface area contributed by atoms with E-state index >= 15 is 0 Å². The van der Waals surface area contributed by atoms with Gasteiger partial charge in [-0.3, -0.25) is 14.5 Å². The van der Waals surface area contributed by atoms with Crippen LogP contribution in [0.4, 0.5) is 5.69 Å². The Hall–Kier alpha value is -2.08. The van der Waals surface area contributed by atoms with Gasteiger partial charge in [0.25, 0.3) is 0 Å². The predicted molar refractivity (Wildman–Crippen MR) is 108 cm³/mol. The quantitative estimate of drug-likeness (QED) is 0.828. The van der Waals surface area contributed by atoms with Crippen LogP contribution >= 0.6 is 23.2 Å². The summed E-state index contributed by atoms with van der Waals surface area (Å²) in [5, 5.41) is 3.46. The van der Waals surface area contributed by atoms with Gasteiger partial charge in [0.05, 0.1) is 28.8 Å². The van der Waals surface area contributed by atoms with Gasteiger partial charge in [-0.05, 0) is 36.7 Å². The summed E-state index contributed by atoms with van der Waals surface area (Å²) in [5.74, 6) is -0.264. The fraction of sp³-hybridized carbons (Fsp3) is 0.300. The van der Waals surface area contributed by atoms with Crippen LogP contribution in [0.2, 0.25) is 10.0 Å². The molecule has 0 radical (unpaired) electrons. The zero-order chi connectivity index (χ0) is 19.4. The highest BCUT2D eigenvalue weighted by Gasteiger charge is 2.22. The molecule has 2 aromatic carbocycles. The molecule has 0 saturated carbocycles. The lowest BCUT2D eigenvalue weighted by molar-refractivity contribution is -0.133. The molecule has 0 saturated heterocycles. The number of benzene rings is 2. The Balaban J connectivity index is 1.52. The topological polar surface area (TPSA) is 52.7 Å². The van der Waals surface area contributed by atoms with E-state index in [1.165, 1.54) is 11.1 Å². The number of likely N-dealkylation sites (N-methyl/N-ethyl adjacent to an activating group) is 1. The number of rotatable bonds is 5. The number of carbonyl (C=O) groups excluding carboxylic acids is 2. The molecule has 5 nitrogen and oxygen atoms in total. The molecule has 1 N–H and O–H groups in total. The lowest BCUT2D eigenvalue weighted by Crippen LogP contribution is -2.43. The number of anilines is 1. The predicted octanol–water partition coefficient (Wildman–Crippen LogP) is 3.45. The second-order valence-corrected chi connectivity index (χ2v) is 7.47. The molecule has 27 heavy (non-hydrogen) atoms. The summed E-state index contributed by atoms with van der Waals surface area (Å²) in [6.45, 7) is 1.55. The summed E-state index contributed by atoms with van der Waals surface area (Å²) >= 11 is 12.1. The number of nitrogens with one attached hydrogen (secondary N) is 1. The van der Waals surface area contributed by atoms with Crippen molar-refractivity contribution in [2.75, 3.05) is 32.0 Å². The van der Waals surface area contributed by atoms with Crippen molar-refractivity contribution in [2.45, 2.75) is 13.0 Å². The van der Waals surface area contributed by atoms with Crippen LogP contribution in [-0.4, -0.2) is 48.3 Å². The summed E-state index contributed by atoms with van der Waals surface area (Å²) < 4.78 is 0. The normalized spacial score (nSPS) is 13.4. The minimum absolute atomic E-state index is 0.00980. The van der Waals surface area contributed by atoms with Crippen LogP contribution < -0.4 is 5.32 Å². The van der Waals surface area contributed by atoms with E-state index in [0.717, 1.165) is 6.42 Å². The zero-order valence-electron chi connectivity index (χ0n) is 15.0. The van der Waals surface area contributed by atoms with Crippen molar-refractivity contribution in [3.05, 3.63) is 63.6 Å². The molecule has 1 aliphatic heterocycles. The lowest BCUT2D eigenvalue weighted by atomic mass is 10.00. The van der Waals surface area contributed by atoms with Crippen molar-refractivity contribution in [3.8, 4) is 0 Å². The van der Waals surface area contributed by atoms with Gasteiger partial charge in [0.2, 0.25) is 11.8 Å². The van der Waals surface area contributed by atoms with Crippen LogP contribution in [0.5, 0.6) is 0 Å². The number of halogens is 2. The summed E-state index contributed by atoms with van der Waals surface area (Å²) in [6.07, 6.45) is 0.858. The first kappa shape index (κ1) is 19.7. The van der Waals surface area contributed by atoms with E-state index in [9.17, 15) is 9.59 Å². The van der Waals surface area contributed by atoms with Crippen LogP contribution in [0.3, 0.4) is 0 Å². The van der Waals surface area contributed by atoms with Gasteiger partial charge in [-0.25, -0.2) is 0 Å². The summed E-state index contributed by atoms with van der Waals surface area (Å²) in [5.41, 5.74) is 2.87. The molecule has 142 valence electrons. The second-order valence-electron chi connectivity index (χ2n) is 6.65. The summed E-state index contributed by atoms with van der Waals surface area (Å²) in [7, 11) is 1.74. The van der Waals surface area contributed by atoms with Crippen molar-refractivity contribution in [2.24, 2.45) is 0 Å². The Labute approximate surface area is 168 Å². The molecule has 3 rings (SSSR count). The van der Waals surface area contributed by atoms with E-state index in [1.807, 2.05) is 17.0 Å². The van der Waals surface area contributed by atoms with Gasteiger partial charge < -0.3 is 10.2 Å². The van der Waals surface area contributed by atoms with Gasteiger partial charge >= 0.3 is 0 Å². The van der Waals surface area contributed by atoms with Gasteiger partial charge in [0, 0.05) is 13.1 Å². The van der Waals surface area contributed by atoms with Gasteiger partial charge in [0.15, 0.2) is 0 Å². The van der Waals surface area contributed by atoms with Crippen molar-refractivity contribution < 1.29 is 9.59 Å². The average molecular weight is 406 g/mol. The highest BCUT2D eigenvalue weighted by Crippen LogP contribution is 2.29. The molecule has 2 aromatic rings. The fourth-order valence-electron chi connectivity index (χ4n) is 3.14. The Morgan fingerprint density at radius 3 is 2.41 bits per heavy atom. The molecule has 0 spiro atoms. The molecule has 0 atom stereocenters. The summed E-state index contributed by atoms with van der Waals surface area (Å²) in [4.78, 5) is 28.3. The van der Waals surface area contributed by atoms with Crippen molar-refractivity contribution in [1.29, 1.82) is 0 Å². The number of amides is 2. The van der Waals surface area contributed by atoms with Gasteiger partial charge in [-0.2, -0.15) is 0 Å². The average Bonchev–Trinajstić information content (AvgIpc) is 2.64. The first-order chi connectivity index (χ1) is 12.9. The largest absolute Gasteiger partial charge is 0.337 e. The van der Waals surface area contributed by atoms with Gasteiger partial charge in [0.1, 0.15) is 0 Å². The number of hydrogen-bond acceptors (Lipinski definition) is 3. The maximum atomic E-state index is 12.6. The van der Waals surface area contributed by atoms with E-state index in [1.54, 1.807) is 30.1 Å². The number of carbonyl (C=O) groups is 2. The minimum Gasteiger partial charge on any atom is -0.337 e. The lowest BCUT2D eigenvalue weighted by Gasteiger charge is -2.30. The highest BCUT2D eigenvalue weighted by atomic mass is 35.5. The fourth-order valence-corrected chi connectivity index (χ4v) is 3.63. The maximum Gasteiger partial charge on any atom is 0.238 e. The van der Waals surface area contributed by atoms with Crippen molar-refractivity contribution in [1.82, 2.24) is 9.80 Å². The molecule has 0 unspecified atom stereocenters. The van der Waals surface area contributed by atoms with Gasteiger partial charge in [-0.1, -0.05) is 53.5 Å². The molecule has 1 heterocycles. The SMILES string of the molecule is CN(CC(=O)Nc1c(Cl)cccc1Cl)CC(=O)N1CCc2ccccc2C1.